The molecule has 53 heavy (non-hydrogen) atoms. The van der Waals surface area contributed by atoms with Crippen molar-refractivity contribution in [2.45, 2.75) is 136 Å². The molecule has 3 N–H and O–H groups in total. The van der Waals surface area contributed by atoms with E-state index < -0.39 is 68.2 Å². The topological polar surface area (TPSA) is 162 Å². The molecule has 1 radical (unpaired) electrons. The molecule has 0 rings (SSSR count). The van der Waals surface area contributed by atoms with E-state index in [0.717, 1.165) is 37.4 Å². The molecule has 0 atom stereocenters. The summed E-state index contributed by atoms with van der Waals surface area (Å²) in [7, 11) is -23.2. The summed E-state index contributed by atoms with van der Waals surface area (Å²) in [6.07, 6.45) is 2.46. The van der Waals surface area contributed by atoms with Gasteiger partial charge < -0.3 is 62.5 Å². The Balaban J connectivity index is 6.80. The predicted molar refractivity (Wildman–Crippen MR) is 232 cm³/mol. The third kappa shape index (κ3) is 27.7. The van der Waals surface area contributed by atoms with Gasteiger partial charge in [0.2, 0.25) is 0 Å². The number of hydrogen-bond donors (Lipinski definition) is 3. The maximum absolute atomic E-state index is 9.10. The van der Waals surface area contributed by atoms with Gasteiger partial charge in [-0.05, 0) is 136 Å². The van der Waals surface area contributed by atoms with Crippen LogP contribution in [0.15, 0.2) is 0 Å². The normalized spacial score (nSPS) is 14.4. The number of rotatable bonds is 34. The molecule has 0 fully saturated rings. The van der Waals surface area contributed by atoms with Crippen molar-refractivity contribution in [1.82, 2.24) is 0 Å². The lowest BCUT2D eigenvalue weighted by atomic mass is 10.5. The first-order valence-corrected chi connectivity index (χ1v) is 43.0. The SMILES string of the molecule is C[SiH]O[Si](C)(C)O[Si](O[Si](C)(C)O[Si](C)(C)CCCOCCO)(O[Si](C)(C)O[Si](C)(C)CCCOCCO)O[Si](C)(C)O[Si](C)(C)CCCOCCO. The first-order valence-electron chi connectivity index (χ1n) is 19.1. The van der Waals surface area contributed by atoms with Crippen LogP contribution >= 0.6 is 0 Å². The van der Waals surface area contributed by atoms with Crippen LogP contribution in [0.2, 0.25) is 116 Å². The molecule has 0 amide bonds. The zero-order valence-corrected chi connectivity index (χ0v) is 45.2. The highest BCUT2D eigenvalue weighted by Crippen LogP contribution is 2.35. The smallest absolute Gasteiger partial charge is 0.439 e. The van der Waals surface area contributed by atoms with Crippen molar-refractivity contribution in [2.75, 3.05) is 59.5 Å². The highest BCUT2D eigenvalue weighted by Gasteiger charge is 2.62. The molecule has 0 aliphatic carbocycles. The second kappa shape index (κ2) is 25.1. The van der Waals surface area contributed by atoms with E-state index >= 15 is 0 Å². The van der Waals surface area contributed by atoms with Gasteiger partial charge in [-0.3, -0.25) is 0 Å². The highest BCUT2D eigenvalue weighted by molar-refractivity contribution is 6.93. The van der Waals surface area contributed by atoms with Crippen molar-refractivity contribution < 1.29 is 62.5 Å². The van der Waals surface area contributed by atoms with Crippen molar-refractivity contribution in [1.29, 1.82) is 0 Å². The van der Waals surface area contributed by atoms with Crippen LogP contribution in [0.4, 0.5) is 0 Å². The summed E-state index contributed by atoms with van der Waals surface area (Å²) >= 11 is 0. The summed E-state index contributed by atoms with van der Waals surface area (Å²) in [4.78, 5) is 0. The fourth-order valence-corrected chi connectivity index (χ4v) is 43.7. The van der Waals surface area contributed by atoms with Gasteiger partial charge in [0.15, 0.2) is 34.7 Å². The van der Waals surface area contributed by atoms with Crippen LogP contribution < -0.4 is 0 Å². The van der Waals surface area contributed by atoms with E-state index in [1.54, 1.807) is 0 Å². The summed E-state index contributed by atoms with van der Waals surface area (Å²) < 4.78 is 72.6. The van der Waals surface area contributed by atoms with Crippen molar-refractivity contribution in [3.8, 4) is 0 Å². The number of hydrogen-bond acceptors (Lipinski definition) is 14. The Bertz CT molecular complexity index is 876. The van der Waals surface area contributed by atoms with Gasteiger partial charge in [-0.25, -0.2) is 0 Å². The molecule has 0 spiro atoms. The summed E-state index contributed by atoms with van der Waals surface area (Å²) in [5.74, 6) is 0. The molecule has 319 valence electrons. The number of ether oxygens (including phenoxy) is 3. The Hall–Kier alpha value is 1.39. The minimum Gasteiger partial charge on any atom is -0.439 e. The Labute approximate surface area is 334 Å². The average Bonchev–Trinajstić information content (AvgIpc) is 2.93. The molecule has 0 aromatic heterocycles. The average molecular weight is 917 g/mol. The van der Waals surface area contributed by atoms with E-state index in [-0.39, 0.29) is 29.6 Å². The Kier molecular flexibility index (Phi) is 25.8. The van der Waals surface area contributed by atoms with Gasteiger partial charge in [0.05, 0.1) is 39.6 Å². The zero-order valence-electron chi connectivity index (χ0n) is 36.0. The molecule has 0 heterocycles. The van der Waals surface area contributed by atoms with Gasteiger partial charge in [-0.1, -0.05) is 0 Å². The maximum atomic E-state index is 9.10. The molecule has 0 aliphatic heterocycles. The number of aliphatic hydroxyl groups is 3. The molecule has 14 nitrogen and oxygen atoms in total. The fourth-order valence-electron chi connectivity index (χ4n) is 6.15. The van der Waals surface area contributed by atoms with Gasteiger partial charge in [-0.2, -0.15) is 0 Å². The molecule has 0 aromatic carbocycles. The molecule has 0 aromatic rings. The lowest BCUT2D eigenvalue weighted by Gasteiger charge is -2.47. The fraction of sp³-hybridized carbons (Fsp3) is 1.00. The van der Waals surface area contributed by atoms with Gasteiger partial charge >= 0.3 is 43.3 Å². The standard InChI is InChI=1S/C30H79O14Si9/c1-45-37-49(8,9)41-53(42-50(10,11)38-46(2,3)28-16-22-34-25-19-31,43-51(12,13)39-47(4,5)29-17-23-35-26-20-32)44-52(14,15)40-48(6,7)30-18-24-36-27-21-33/h31-33,45H,16-30H2,1-15H3. The lowest BCUT2D eigenvalue weighted by Crippen LogP contribution is -2.70. The molecule has 0 saturated carbocycles. The molecule has 0 saturated heterocycles. The van der Waals surface area contributed by atoms with Crippen molar-refractivity contribution in [3.63, 3.8) is 0 Å². The summed E-state index contributed by atoms with van der Waals surface area (Å²) in [5, 5.41) is 27.3. The third-order valence-electron chi connectivity index (χ3n) is 7.36. The van der Waals surface area contributed by atoms with Gasteiger partial charge in [0.1, 0.15) is 0 Å². The van der Waals surface area contributed by atoms with Crippen LogP contribution in [0, 0.1) is 0 Å². The van der Waals surface area contributed by atoms with Crippen LogP contribution in [0.1, 0.15) is 19.3 Å². The van der Waals surface area contributed by atoms with Gasteiger partial charge in [0.25, 0.3) is 0 Å². The minimum absolute atomic E-state index is 0.00486. The predicted octanol–water partition coefficient (Wildman–Crippen LogP) is 5.57. The van der Waals surface area contributed by atoms with Crippen molar-refractivity contribution >= 4 is 78.0 Å². The molecular formula is C30H79O14Si9. The Morgan fingerprint density at radius 3 is 0.887 bits per heavy atom. The quantitative estimate of drug-likeness (QED) is 0.0543. The summed E-state index contributed by atoms with van der Waals surface area (Å²) in [6, 6.07) is 2.57. The van der Waals surface area contributed by atoms with Crippen LogP contribution in [0.25, 0.3) is 0 Å². The van der Waals surface area contributed by atoms with E-state index in [0.29, 0.717) is 39.6 Å². The largest absolute Gasteiger partial charge is 0.643 e. The van der Waals surface area contributed by atoms with Crippen molar-refractivity contribution in [2.24, 2.45) is 0 Å². The minimum atomic E-state index is -4.15. The van der Waals surface area contributed by atoms with Crippen molar-refractivity contribution in [3.05, 3.63) is 0 Å². The van der Waals surface area contributed by atoms with Crippen LogP contribution in [-0.4, -0.2) is 153 Å². The van der Waals surface area contributed by atoms with E-state index in [4.69, 9.17) is 62.5 Å². The molecule has 0 aliphatic rings. The van der Waals surface area contributed by atoms with Crippen LogP contribution in [-0.2, 0) is 47.1 Å². The second-order valence-corrected chi connectivity index (χ2v) is 48.2. The lowest BCUT2D eigenvalue weighted by molar-refractivity contribution is 0.0913. The molecule has 0 unspecified atom stereocenters. The number of aliphatic hydroxyl groups excluding tert-OH is 3. The van der Waals surface area contributed by atoms with Crippen LogP contribution in [0.3, 0.4) is 0 Å². The first-order chi connectivity index (χ1) is 24.2. The van der Waals surface area contributed by atoms with Gasteiger partial charge in [0, 0.05) is 19.8 Å². The monoisotopic (exact) mass is 915 g/mol. The van der Waals surface area contributed by atoms with E-state index in [9.17, 15) is 0 Å². The Morgan fingerprint density at radius 2 is 0.642 bits per heavy atom. The summed E-state index contributed by atoms with van der Waals surface area (Å²) in [5.41, 5.74) is 0. The summed E-state index contributed by atoms with van der Waals surface area (Å²) in [6.45, 7) is 34.0. The first kappa shape index (κ1) is 54.4. The second-order valence-electron chi connectivity index (χ2n) is 16.8. The maximum Gasteiger partial charge on any atom is 0.643 e. The Morgan fingerprint density at radius 1 is 0.377 bits per heavy atom. The molecule has 0 bridgehead atoms. The van der Waals surface area contributed by atoms with Gasteiger partial charge in [-0.15, -0.1) is 0 Å². The third-order valence-corrected chi connectivity index (χ3v) is 39.6. The highest BCUT2D eigenvalue weighted by atomic mass is 28.6. The van der Waals surface area contributed by atoms with E-state index in [1.165, 1.54) is 0 Å². The van der Waals surface area contributed by atoms with E-state index in [1.807, 2.05) is 58.9 Å². The van der Waals surface area contributed by atoms with E-state index in [2.05, 4.69) is 39.3 Å². The zero-order chi connectivity index (χ0) is 41.1. The molecular weight excluding hydrogens is 837 g/mol. The van der Waals surface area contributed by atoms with Crippen LogP contribution in [0.5, 0.6) is 0 Å². The molecule has 23 heteroatoms.